The van der Waals surface area contributed by atoms with E-state index < -0.39 is 6.10 Å². The van der Waals surface area contributed by atoms with Crippen LogP contribution in [-0.4, -0.2) is 5.11 Å². The molecule has 0 aliphatic carbocycles. The molecule has 0 aromatic heterocycles. The van der Waals surface area contributed by atoms with E-state index in [1.807, 2.05) is 50.2 Å². The predicted molar refractivity (Wildman–Crippen MR) is 83.4 cm³/mol. The van der Waals surface area contributed by atoms with Crippen LogP contribution in [-0.2, 0) is 0 Å². The van der Waals surface area contributed by atoms with Gasteiger partial charge in [0.25, 0.3) is 0 Å². The van der Waals surface area contributed by atoms with Crippen molar-refractivity contribution < 1.29 is 5.11 Å². The van der Waals surface area contributed by atoms with E-state index in [0.29, 0.717) is 0 Å². The Morgan fingerprint density at radius 3 is 1.65 bits per heavy atom. The van der Waals surface area contributed by atoms with Gasteiger partial charge >= 0.3 is 0 Å². The number of hydrogen-bond donors (Lipinski definition) is 2. The summed E-state index contributed by atoms with van der Waals surface area (Å²) in [4.78, 5) is 0. The first-order valence-electron chi connectivity index (χ1n) is 7.06. The highest BCUT2D eigenvalue weighted by atomic mass is 16.3. The molecule has 0 unspecified atom stereocenters. The molecule has 0 spiro atoms. The number of nitrogens with two attached hydrogens (primary N) is 1. The summed E-state index contributed by atoms with van der Waals surface area (Å²) in [6, 6.07) is 16.0. The van der Waals surface area contributed by atoms with Gasteiger partial charge in [-0.2, -0.15) is 0 Å². The standard InChI is InChI=1S/C18H23NO/c1-12-4-8-15(9-5-12)17(19)14(3)18(20)16-10-6-13(2)7-11-16/h4-11,14,17-18,20H,19H2,1-3H3/t14-,17+,18+/m1/s1. The average molecular weight is 269 g/mol. The van der Waals surface area contributed by atoms with Gasteiger partial charge in [0.2, 0.25) is 0 Å². The Morgan fingerprint density at radius 2 is 1.20 bits per heavy atom. The Balaban J connectivity index is 2.15. The van der Waals surface area contributed by atoms with E-state index in [4.69, 9.17) is 5.73 Å². The molecule has 0 heterocycles. The molecule has 0 saturated heterocycles. The Labute approximate surface area is 121 Å². The first-order valence-corrected chi connectivity index (χ1v) is 7.06. The molecule has 0 aliphatic heterocycles. The van der Waals surface area contributed by atoms with Crippen LogP contribution in [0, 0.1) is 19.8 Å². The molecule has 0 fully saturated rings. The van der Waals surface area contributed by atoms with Crippen molar-refractivity contribution in [1.82, 2.24) is 0 Å². The monoisotopic (exact) mass is 269 g/mol. The molecular formula is C18H23NO. The highest BCUT2D eigenvalue weighted by Crippen LogP contribution is 2.31. The molecule has 3 N–H and O–H groups in total. The molecule has 0 aliphatic rings. The SMILES string of the molecule is Cc1ccc([C@@H](N)[C@@H](C)[C@H](O)c2ccc(C)cc2)cc1. The summed E-state index contributed by atoms with van der Waals surface area (Å²) in [6.45, 7) is 6.09. The lowest BCUT2D eigenvalue weighted by Crippen LogP contribution is -2.24. The number of hydrogen-bond acceptors (Lipinski definition) is 2. The van der Waals surface area contributed by atoms with E-state index in [2.05, 4.69) is 19.1 Å². The topological polar surface area (TPSA) is 46.2 Å². The second-order valence-corrected chi connectivity index (χ2v) is 5.65. The summed E-state index contributed by atoms with van der Waals surface area (Å²) >= 11 is 0. The molecule has 2 rings (SSSR count). The van der Waals surface area contributed by atoms with Crippen LogP contribution in [0.5, 0.6) is 0 Å². The van der Waals surface area contributed by atoms with Crippen molar-refractivity contribution in [2.45, 2.75) is 32.9 Å². The maximum absolute atomic E-state index is 10.5. The number of aliphatic hydroxyl groups excluding tert-OH is 1. The van der Waals surface area contributed by atoms with Gasteiger partial charge in [-0.05, 0) is 25.0 Å². The second kappa shape index (κ2) is 6.21. The van der Waals surface area contributed by atoms with Crippen LogP contribution in [0.2, 0.25) is 0 Å². The third kappa shape index (κ3) is 3.27. The number of aryl methyl sites for hydroxylation is 2. The first kappa shape index (κ1) is 14.8. The Hall–Kier alpha value is -1.64. The van der Waals surface area contributed by atoms with Gasteiger partial charge in [0, 0.05) is 12.0 Å². The van der Waals surface area contributed by atoms with Crippen LogP contribution in [0.25, 0.3) is 0 Å². The fourth-order valence-electron chi connectivity index (χ4n) is 2.36. The Morgan fingerprint density at radius 1 is 0.800 bits per heavy atom. The largest absolute Gasteiger partial charge is 0.388 e. The van der Waals surface area contributed by atoms with Gasteiger partial charge in [-0.15, -0.1) is 0 Å². The lowest BCUT2D eigenvalue weighted by molar-refractivity contribution is 0.103. The van der Waals surface area contributed by atoms with Gasteiger partial charge in [0.05, 0.1) is 6.10 Å². The molecule has 20 heavy (non-hydrogen) atoms. The van der Waals surface area contributed by atoms with E-state index in [1.165, 1.54) is 11.1 Å². The van der Waals surface area contributed by atoms with Crippen LogP contribution in [0.1, 0.15) is 41.3 Å². The van der Waals surface area contributed by atoms with E-state index in [0.717, 1.165) is 11.1 Å². The molecule has 2 aromatic carbocycles. The maximum Gasteiger partial charge on any atom is 0.0833 e. The lowest BCUT2D eigenvalue weighted by atomic mass is 9.87. The van der Waals surface area contributed by atoms with Gasteiger partial charge in [-0.25, -0.2) is 0 Å². The van der Waals surface area contributed by atoms with Crippen LogP contribution < -0.4 is 5.73 Å². The van der Waals surface area contributed by atoms with E-state index >= 15 is 0 Å². The molecule has 2 heteroatoms. The molecule has 106 valence electrons. The highest BCUT2D eigenvalue weighted by molar-refractivity contribution is 5.27. The van der Waals surface area contributed by atoms with E-state index in [-0.39, 0.29) is 12.0 Å². The summed E-state index contributed by atoms with van der Waals surface area (Å²) < 4.78 is 0. The summed E-state index contributed by atoms with van der Waals surface area (Å²) in [5.74, 6) is -0.0413. The van der Waals surface area contributed by atoms with Crippen LogP contribution >= 0.6 is 0 Å². The van der Waals surface area contributed by atoms with Gasteiger partial charge in [-0.3, -0.25) is 0 Å². The smallest absolute Gasteiger partial charge is 0.0833 e. The zero-order valence-electron chi connectivity index (χ0n) is 12.4. The average Bonchev–Trinajstić information content (AvgIpc) is 2.46. The molecular weight excluding hydrogens is 246 g/mol. The third-order valence-electron chi connectivity index (χ3n) is 3.95. The third-order valence-corrected chi connectivity index (χ3v) is 3.95. The fraction of sp³-hybridized carbons (Fsp3) is 0.333. The van der Waals surface area contributed by atoms with E-state index in [1.54, 1.807) is 0 Å². The molecule has 3 atom stereocenters. The van der Waals surface area contributed by atoms with Crippen molar-refractivity contribution in [2.75, 3.05) is 0 Å². The minimum atomic E-state index is -0.549. The zero-order valence-corrected chi connectivity index (χ0v) is 12.4. The van der Waals surface area contributed by atoms with Crippen LogP contribution in [0.4, 0.5) is 0 Å². The quantitative estimate of drug-likeness (QED) is 0.889. The van der Waals surface area contributed by atoms with E-state index in [9.17, 15) is 5.11 Å². The summed E-state index contributed by atoms with van der Waals surface area (Å²) in [5, 5.41) is 10.5. The molecule has 2 nitrogen and oxygen atoms in total. The first-order chi connectivity index (χ1) is 9.49. The minimum Gasteiger partial charge on any atom is -0.388 e. The fourth-order valence-corrected chi connectivity index (χ4v) is 2.36. The summed E-state index contributed by atoms with van der Waals surface area (Å²) in [6.07, 6.45) is -0.549. The van der Waals surface area contributed by atoms with Gasteiger partial charge in [-0.1, -0.05) is 66.6 Å². The number of aliphatic hydroxyl groups is 1. The summed E-state index contributed by atoms with van der Waals surface area (Å²) in [5.41, 5.74) is 10.7. The predicted octanol–water partition coefficient (Wildman–Crippen LogP) is 3.67. The van der Waals surface area contributed by atoms with Crippen molar-refractivity contribution in [3.63, 3.8) is 0 Å². The van der Waals surface area contributed by atoms with Crippen molar-refractivity contribution in [3.05, 3.63) is 70.8 Å². The lowest BCUT2D eigenvalue weighted by Gasteiger charge is -2.26. The molecule has 0 radical (unpaired) electrons. The van der Waals surface area contributed by atoms with Gasteiger partial charge in [0.15, 0.2) is 0 Å². The minimum absolute atomic E-state index is 0.0413. The molecule has 2 aromatic rings. The normalized spacial score (nSPS) is 15.7. The van der Waals surface area contributed by atoms with Crippen molar-refractivity contribution in [3.8, 4) is 0 Å². The Kier molecular flexibility index (Phi) is 4.58. The van der Waals surface area contributed by atoms with Gasteiger partial charge < -0.3 is 10.8 Å². The highest BCUT2D eigenvalue weighted by Gasteiger charge is 2.23. The second-order valence-electron chi connectivity index (χ2n) is 5.65. The van der Waals surface area contributed by atoms with Crippen LogP contribution in [0.15, 0.2) is 48.5 Å². The van der Waals surface area contributed by atoms with Crippen LogP contribution in [0.3, 0.4) is 0 Å². The number of benzene rings is 2. The Bertz CT molecular complexity index is 493. The van der Waals surface area contributed by atoms with Gasteiger partial charge in [0.1, 0.15) is 0 Å². The molecule has 0 saturated carbocycles. The molecule has 0 bridgehead atoms. The maximum atomic E-state index is 10.5. The molecule has 0 amide bonds. The number of rotatable bonds is 4. The van der Waals surface area contributed by atoms with Crippen molar-refractivity contribution >= 4 is 0 Å². The van der Waals surface area contributed by atoms with Crippen molar-refractivity contribution in [1.29, 1.82) is 0 Å². The summed E-state index contributed by atoms with van der Waals surface area (Å²) in [7, 11) is 0. The zero-order chi connectivity index (χ0) is 14.7. The van der Waals surface area contributed by atoms with Crippen molar-refractivity contribution in [2.24, 2.45) is 11.7 Å².